The molecule has 0 aromatic heterocycles. The van der Waals surface area contributed by atoms with E-state index in [1.54, 1.807) is 24.3 Å². The molecule has 0 fully saturated rings. The Hall–Kier alpha value is -2.89. The van der Waals surface area contributed by atoms with Crippen LogP contribution in [0, 0.1) is 0 Å². The van der Waals surface area contributed by atoms with E-state index in [1.807, 2.05) is 12.1 Å². The molecule has 1 amide bonds. The minimum Gasteiger partial charge on any atom is -0.380 e. The summed E-state index contributed by atoms with van der Waals surface area (Å²) in [5.74, 6) is -1.15. The average Bonchev–Trinajstić information content (AvgIpc) is 2.43. The monoisotopic (exact) mass is 271 g/mol. The van der Waals surface area contributed by atoms with Crippen LogP contribution in [-0.4, -0.2) is 17.7 Å². The Morgan fingerprint density at radius 1 is 1.05 bits per heavy atom. The van der Waals surface area contributed by atoms with Gasteiger partial charge in [0.05, 0.1) is 0 Å². The molecule has 0 aliphatic heterocycles. The zero-order chi connectivity index (χ0) is 14.7. The van der Waals surface area contributed by atoms with Gasteiger partial charge in [0.25, 0.3) is 0 Å². The predicted molar refractivity (Wildman–Crippen MR) is 75.0 cm³/mol. The van der Waals surface area contributed by atoms with Crippen molar-refractivity contribution < 1.29 is 14.4 Å². The number of benzene rings is 2. The minimum absolute atomic E-state index is 0.000463. The number of amidine groups is 1. The zero-order valence-corrected chi connectivity index (χ0v) is 10.8. The van der Waals surface area contributed by atoms with Crippen LogP contribution >= 0.6 is 0 Å². The summed E-state index contributed by atoms with van der Waals surface area (Å²) in [7, 11) is 0. The maximum Gasteiger partial charge on any atom is 0.332 e. The second kappa shape index (κ2) is 5.40. The second-order valence-electron chi connectivity index (χ2n) is 4.13. The third kappa shape index (κ3) is 2.59. The molecule has 0 saturated carbocycles. The van der Waals surface area contributed by atoms with E-state index in [9.17, 15) is 9.59 Å². The highest BCUT2D eigenvalue weighted by Crippen LogP contribution is 2.23. The van der Waals surface area contributed by atoms with Gasteiger partial charge >= 0.3 is 5.97 Å². The lowest BCUT2D eigenvalue weighted by molar-refractivity contribution is -0.140. The summed E-state index contributed by atoms with van der Waals surface area (Å²) >= 11 is 0. The van der Waals surface area contributed by atoms with Gasteiger partial charge < -0.3 is 16.3 Å². The Kier molecular flexibility index (Phi) is 3.65. The minimum atomic E-state index is -0.580. The van der Waals surface area contributed by atoms with Crippen LogP contribution in [0.25, 0.3) is 10.8 Å². The highest BCUT2D eigenvalue weighted by Gasteiger charge is 2.13. The standard InChI is InChI=1S/C14H13N3O3/c1-8(18)20-17-13(15)10-6-2-4-9-5-3-7-11(12(9)10)14(16)19/h2-7H,1H3,(H2,15,17)(H2,16,19). The van der Waals surface area contributed by atoms with Gasteiger partial charge in [-0.25, -0.2) is 4.79 Å². The Bertz CT molecular complexity index is 717. The lowest BCUT2D eigenvalue weighted by atomic mass is 9.98. The number of oxime groups is 1. The van der Waals surface area contributed by atoms with Crippen molar-refractivity contribution in [2.75, 3.05) is 0 Å². The summed E-state index contributed by atoms with van der Waals surface area (Å²) in [6.45, 7) is 1.22. The lowest BCUT2D eigenvalue weighted by Crippen LogP contribution is -2.18. The summed E-state index contributed by atoms with van der Waals surface area (Å²) in [5.41, 5.74) is 12.0. The number of fused-ring (bicyclic) bond motifs is 1. The fraction of sp³-hybridized carbons (Fsp3) is 0.0714. The van der Waals surface area contributed by atoms with Crippen molar-refractivity contribution in [2.45, 2.75) is 6.92 Å². The van der Waals surface area contributed by atoms with Crippen LogP contribution in [0.3, 0.4) is 0 Å². The number of carbonyl (C=O) groups excluding carboxylic acids is 2. The molecule has 0 unspecified atom stereocenters. The van der Waals surface area contributed by atoms with Crippen molar-refractivity contribution >= 4 is 28.5 Å². The van der Waals surface area contributed by atoms with Crippen molar-refractivity contribution in [1.82, 2.24) is 0 Å². The molecular formula is C14H13N3O3. The molecule has 20 heavy (non-hydrogen) atoms. The van der Waals surface area contributed by atoms with E-state index >= 15 is 0 Å². The highest BCUT2D eigenvalue weighted by atomic mass is 16.7. The smallest absolute Gasteiger partial charge is 0.332 e. The first kappa shape index (κ1) is 13.5. The molecule has 4 N–H and O–H groups in total. The summed E-state index contributed by atoms with van der Waals surface area (Å²) in [6.07, 6.45) is 0. The molecule has 0 spiro atoms. The molecule has 0 aliphatic rings. The summed E-state index contributed by atoms with van der Waals surface area (Å²) in [4.78, 5) is 26.8. The van der Waals surface area contributed by atoms with Crippen molar-refractivity contribution in [3.8, 4) is 0 Å². The average molecular weight is 271 g/mol. The quantitative estimate of drug-likeness (QED) is 0.377. The summed E-state index contributed by atoms with van der Waals surface area (Å²) in [5, 5.41) is 4.91. The molecule has 0 saturated heterocycles. The number of primary amides is 1. The van der Waals surface area contributed by atoms with Crippen LogP contribution in [0.4, 0.5) is 0 Å². The molecule has 2 rings (SSSR count). The Morgan fingerprint density at radius 2 is 1.65 bits per heavy atom. The molecule has 0 atom stereocenters. The Morgan fingerprint density at radius 3 is 2.20 bits per heavy atom. The third-order valence-corrected chi connectivity index (χ3v) is 2.72. The fourth-order valence-corrected chi connectivity index (χ4v) is 1.92. The van der Waals surface area contributed by atoms with Gasteiger partial charge in [-0.15, -0.1) is 0 Å². The number of amides is 1. The molecule has 0 bridgehead atoms. The number of carbonyl (C=O) groups is 2. The van der Waals surface area contributed by atoms with Gasteiger partial charge in [0.15, 0.2) is 5.84 Å². The molecule has 0 aliphatic carbocycles. The summed E-state index contributed by atoms with van der Waals surface area (Å²) < 4.78 is 0. The zero-order valence-electron chi connectivity index (χ0n) is 10.8. The number of rotatable bonds is 3. The number of nitrogens with two attached hydrogens (primary N) is 2. The molecule has 102 valence electrons. The van der Waals surface area contributed by atoms with E-state index in [4.69, 9.17) is 11.5 Å². The maximum atomic E-state index is 11.5. The largest absolute Gasteiger partial charge is 0.380 e. The molecule has 6 nitrogen and oxygen atoms in total. The molecule has 2 aromatic carbocycles. The Labute approximate surface area is 115 Å². The van der Waals surface area contributed by atoms with Crippen molar-refractivity contribution in [3.05, 3.63) is 47.5 Å². The molecule has 0 heterocycles. The SMILES string of the molecule is CC(=O)O/N=C(\N)c1cccc2cccc(C(N)=O)c12. The van der Waals surface area contributed by atoms with Gasteiger partial charge in [-0.2, -0.15) is 0 Å². The van der Waals surface area contributed by atoms with Crippen molar-refractivity contribution in [1.29, 1.82) is 0 Å². The van der Waals surface area contributed by atoms with Gasteiger partial charge in [-0.3, -0.25) is 4.79 Å². The van der Waals surface area contributed by atoms with Crippen LogP contribution in [-0.2, 0) is 9.63 Å². The third-order valence-electron chi connectivity index (χ3n) is 2.72. The number of hydrogen-bond acceptors (Lipinski definition) is 4. The van der Waals surface area contributed by atoms with Crippen LogP contribution in [0.5, 0.6) is 0 Å². The Balaban J connectivity index is 2.67. The predicted octanol–water partition coefficient (Wildman–Crippen LogP) is 1.12. The van der Waals surface area contributed by atoms with E-state index in [-0.39, 0.29) is 5.84 Å². The van der Waals surface area contributed by atoms with E-state index in [0.717, 1.165) is 5.39 Å². The molecule has 6 heteroatoms. The number of nitrogens with zero attached hydrogens (tertiary/aromatic N) is 1. The van der Waals surface area contributed by atoms with Gasteiger partial charge in [0.2, 0.25) is 5.91 Å². The van der Waals surface area contributed by atoms with Crippen LogP contribution < -0.4 is 11.5 Å². The van der Waals surface area contributed by atoms with Gasteiger partial charge in [0, 0.05) is 23.4 Å². The van der Waals surface area contributed by atoms with Gasteiger partial charge in [-0.1, -0.05) is 35.5 Å². The number of hydrogen-bond donors (Lipinski definition) is 2. The fourth-order valence-electron chi connectivity index (χ4n) is 1.92. The first-order valence-electron chi connectivity index (χ1n) is 5.83. The van der Waals surface area contributed by atoms with Crippen LogP contribution in [0.15, 0.2) is 41.6 Å². The van der Waals surface area contributed by atoms with E-state index in [1.165, 1.54) is 6.92 Å². The van der Waals surface area contributed by atoms with Crippen LogP contribution in [0.1, 0.15) is 22.8 Å². The van der Waals surface area contributed by atoms with Crippen molar-refractivity contribution in [3.63, 3.8) is 0 Å². The first-order valence-corrected chi connectivity index (χ1v) is 5.83. The van der Waals surface area contributed by atoms with E-state index < -0.39 is 11.9 Å². The molecular weight excluding hydrogens is 258 g/mol. The maximum absolute atomic E-state index is 11.5. The second-order valence-corrected chi connectivity index (χ2v) is 4.13. The topological polar surface area (TPSA) is 108 Å². The molecule has 0 radical (unpaired) electrons. The summed E-state index contributed by atoms with van der Waals surface area (Å²) in [6, 6.07) is 10.4. The van der Waals surface area contributed by atoms with E-state index in [0.29, 0.717) is 16.5 Å². The van der Waals surface area contributed by atoms with Gasteiger partial charge in [0.1, 0.15) is 0 Å². The van der Waals surface area contributed by atoms with Crippen molar-refractivity contribution in [2.24, 2.45) is 16.6 Å². The van der Waals surface area contributed by atoms with Gasteiger partial charge in [-0.05, 0) is 11.5 Å². The highest BCUT2D eigenvalue weighted by molar-refractivity contribution is 6.16. The molecule has 2 aromatic rings. The first-order chi connectivity index (χ1) is 9.50. The normalized spacial score (nSPS) is 11.3. The lowest BCUT2D eigenvalue weighted by Gasteiger charge is -2.08. The van der Waals surface area contributed by atoms with E-state index in [2.05, 4.69) is 9.99 Å². The van der Waals surface area contributed by atoms with Crippen LogP contribution in [0.2, 0.25) is 0 Å².